The zero-order valence-electron chi connectivity index (χ0n) is 25.1. The van der Waals surface area contributed by atoms with Crippen molar-refractivity contribution < 1.29 is 33.9 Å². The zero-order chi connectivity index (χ0) is 32.9. The molecule has 234 valence electrons. The molecule has 3 rings (SSSR count). The first-order chi connectivity index (χ1) is 20.6. The van der Waals surface area contributed by atoms with Crippen molar-refractivity contribution in [2.45, 2.75) is 59.0 Å². The quantitative estimate of drug-likeness (QED) is 0.129. The minimum Gasteiger partial charge on any atom is -0.475 e. The van der Waals surface area contributed by atoms with E-state index in [1.54, 1.807) is 11.6 Å². The van der Waals surface area contributed by atoms with Crippen molar-refractivity contribution in [2.75, 3.05) is 0 Å². The molecule has 2 aromatic carbocycles. The molecule has 12 heteroatoms. The van der Waals surface area contributed by atoms with Crippen LogP contribution in [-0.2, 0) is 32.6 Å². The number of aliphatic carboxylic acids is 1. The van der Waals surface area contributed by atoms with Crippen LogP contribution in [0.2, 0.25) is 10.0 Å². The van der Waals surface area contributed by atoms with Gasteiger partial charge in [-0.25, -0.2) is 4.79 Å². The second-order valence-electron chi connectivity index (χ2n) is 11.4. The number of nitrogens with one attached hydrogen (secondary N) is 2. The third-order valence-corrected chi connectivity index (χ3v) is 7.66. The van der Waals surface area contributed by atoms with E-state index in [-0.39, 0.29) is 33.9 Å². The number of nitrogens with zero attached hydrogens (tertiary/aromatic N) is 1. The Balaban J connectivity index is 1.92. The predicted octanol–water partition coefficient (Wildman–Crippen LogP) is 4.81. The normalized spacial score (nSPS) is 12.7. The van der Waals surface area contributed by atoms with Crippen LogP contribution in [0.5, 0.6) is 0 Å². The number of aromatic nitrogens is 1. The van der Waals surface area contributed by atoms with Crippen molar-refractivity contribution in [3.63, 3.8) is 0 Å². The summed E-state index contributed by atoms with van der Waals surface area (Å²) in [5, 5.41) is 15.1. The fraction of sp³-hybridized carbons (Fsp3) is 0.375. The van der Waals surface area contributed by atoms with Crippen molar-refractivity contribution >= 4 is 69.2 Å². The molecule has 0 radical (unpaired) electrons. The van der Waals surface area contributed by atoms with Crippen molar-refractivity contribution in [2.24, 2.45) is 18.9 Å². The Kier molecular flexibility index (Phi) is 11.5. The summed E-state index contributed by atoms with van der Waals surface area (Å²) in [6.45, 7) is 7.67. The number of carbonyl (C=O) groups is 6. The van der Waals surface area contributed by atoms with Crippen LogP contribution in [0.1, 0.15) is 66.9 Å². The van der Waals surface area contributed by atoms with E-state index in [0.717, 1.165) is 16.5 Å². The molecular formula is C32H35Cl2N3O7. The Morgan fingerprint density at radius 1 is 0.864 bits per heavy atom. The molecular weight excluding hydrogens is 609 g/mol. The number of hydrogen-bond acceptors (Lipinski definition) is 6. The molecule has 0 aliphatic heterocycles. The monoisotopic (exact) mass is 643 g/mol. The van der Waals surface area contributed by atoms with Gasteiger partial charge in [0, 0.05) is 18.0 Å². The smallest absolute Gasteiger partial charge is 0.374 e. The van der Waals surface area contributed by atoms with Crippen molar-refractivity contribution in [1.29, 1.82) is 0 Å². The SMILES string of the molecule is CC(C)Cc1c(C(=O)N[C@@H](CC(C)C)C(=O)NC(C(=O)CC(=O)c2c(Cl)cccc2Cl)C(=O)C(=O)O)n(C)c2ccccc12. The summed E-state index contributed by atoms with van der Waals surface area (Å²) in [6.07, 6.45) is -0.251. The van der Waals surface area contributed by atoms with Crippen LogP contribution in [0.3, 0.4) is 0 Å². The molecule has 0 fully saturated rings. The summed E-state index contributed by atoms with van der Waals surface area (Å²) in [4.78, 5) is 77.4. The molecule has 0 spiro atoms. The molecule has 10 nitrogen and oxygen atoms in total. The van der Waals surface area contributed by atoms with E-state index >= 15 is 0 Å². The number of fused-ring (bicyclic) bond motifs is 1. The number of para-hydroxylation sites is 1. The van der Waals surface area contributed by atoms with Crippen LogP contribution >= 0.6 is 23.2 Å². The highest BCUT2D eigenvalue weighted by Crippen LogP contribution is 2.28. The first-order valence-electron chi connectivity index (χ1n) is 14.1. The average molecular weight is 645 g/mol. The molecule has 0 saturated carbocycles. The Hall–Kier alpha value is -4.02. The molecule has 1 unspecified atom stereocenters. The number of hydrogen-bond donors (Lipinski definition) is 3. The second kappa shape index (κ2) is 14.6. The van der Waals surface area contributed by atoms with Gasteiger partial charge in [-0.15, -0.1) is 0 Å². The molecule has 2 atom stereocenters. The molecule has 3 N–H and O–H groups in total. The molecule has 1 heterocycles. The topological polar surface area (TPSA) is 152 Å². The maximum absolute atomic E-state index is 13.8. The molecule has 1 aromatic heterocycles. The Bertz CT molecular complexity index is 1610. The Labute approximate surface area is 265 Å². The number of ketones is 3. The van der Waals surface area contributed by atoms with E-state index < -0.39 is 53.6 Å². The summed E-state index contributed by atoms with van der Waals surface area (Å²) in [5.74, 6) is -7.04. The lowest BCUT2D eigenvalue weighted by Gasteiger charge is -2.23. The van der Waals surface area contributed by atoms with Crippen LogP contribution in [-0.4, -0.2) is 56.9 Å². The lowest BCUT2D eigenvalue weighted by atomic mass is 9.97. The summed E-state index contributed by atoms with van der Waals surface area (Å²) in [5.41, 5.74) is 1.83. The van der Waals surface area contributed by atoms with Crippen molar-refractivity contribution in [3.05, 3.63) is 69.3 Å². The van der Waals surface area contributed by atoms with E-state index in [1.165, 1.54) is 18.2 Å². The van der Waals surface area contributed by atoms with Gasteiger partial charge in [-0.2, -0.15) is 0 Å². The maximum Gasteiger partial charge on any atom is 0.374 e. The lowest BCUT2D eigenvalue weighted by molar-refractivity contribution is -0.152. The highest BCUT2D eigenvalue weighted by Gasteiger charge is 2.37. The number of carboxylic acid groups (broad SMARTS) is 1. The van der Waals surface area contributed by atoms with Crippen LogP contribution in [0, 0.1) is 11.8 Å². The van der Waals surface area contributed by atoms with Gasteiger partial charge in [0.05, 0.1) is 22.0 Å². The summed E-state index contributed by atoms with van der Waals surface area (Å²) in [7, 11) is 1.75. The van der Waals surface area contributed by atoms with Crippen LogP contribution < -0.4 is 10.6 Å². The molecule has 0 saturated heterocycles. The molecule has 44 heavy (non-hydrogen) atoms. The second-order valence-corrected chi connectivity index (χ2v) is 12.2. The fourth-order valence-corrected chi connectivity index (χ4v) is 5.69. The molecule has 3 aromatic rings. The van der Waals surface area contributed by atoms with Crippen LogP contribution in [0.4, 0.5) is 0 Å². The minimum absolute atomic E-state index is 0.0367. The third-order valence-electron chi connectivity index (χ3n) is 7.03. The van der Waals surface area contributed by atoms with Gasteiger partial charge in [-0.1, -0.05) is 75.2 Å². The predicted molar refractivity (Wildman–Crippen MR) is 167 cm³/mol. The number of carboxylic acids is 1. The van der Waals surface area contributed by atoms with Crippen LogP contribution in [0.15, 0.2) is 42.5 Å². The highest BCUT2D eigenvalue weighted by atomic mass is 35.5. The standard InChI is InChI=1S/C32H35Cl2N3O7/c1-16(2)13-19-18-9-6-7-12-23(18)37(5)28(19)31(42)35-22(14-17(3)4)30(41)36-27(29(40)32(43)44)25(39)15-24(38)26-20(33)10-8-11-21(26)34/h6-12,16-17,22,27H,13-15H2,1-5H3,(H,35,42)(H,36,41)(H,43,44)/t22-,27?/m0/s1. The van der Waals surface area contributed by atoms with E-state index in [1.807, 2.05) is 52.0 Å². The molecule has 0 bridgehead atoms. The highest BCUT2D eigenvalue weighted by molar-refractivity contribution is 6.42. The van der Waals surface area contributed by atoms with Gasteiger partial charge in [-0.05, 0) is 48.4 Å². The van der Waals surface area contributed by atoms with Gasteiger partial charge in [0.2, 0.25) is 5.91 Å². The van der Waals surface area contributed by atoms with Gasteiger partial charge >= 0.3 is 5.97 Å². The Morgan fingerprint density at radius 3 is 2.05 bits per heavy atom. The van der Waals surface area contributed by atoms with Gasteiger partial charge in [-0.3, -0.25) is 24.0 Å². The zero-order valence-corrected chi connectivity index (χ0v) is 26.6. The van der Waals surface area contributed by atoms with Gasteiger partial charge in [0.1, 0.15) is 11.7 Å². The maximum atomic E-state index is 13.8. The lowest BCUT2D eigenvalue weighted by Crippen LogP contribution is -2.56. The third kappa shape index (κ3) is 7.92. The average Bonchev–Trinajstić information content (AvgIpc) is 3.20. The van der Waals surface area contributed by atoms with E-state index in [9.17, 15) is 33.9 Å². The number of rotatable bonds is 14. The van der Waals surface area contributed by atoms with Gasteiger partial charge in [0.25, 0.3) is 11.7 Å². The van der Waals surface area contributed by atoms with E-state index in [4.69, 9.17) is 23.2 Å². The van der Waals surface area contributed by atoms with Crippen LogP contribution in [0.25, 0.3) is 10.9 Å². The number of Topliss-reactive ketones (excluding diaryl/α,β-unsaturated/α-hetero) is 3. The largest absolute Gasteiger partial charge is 0.475 e. The summed E-state index contributed by atoms with van der Waals surface area (Å²) < 4.78 is 1.75. The van der Waals surface area contributed by atoms with Crippen molar-refractivity contribution in [1.82, 2.24) is 15.2 Å². The number of amides is 2. The van der Waals surface area contributed by atoms with Gasteiger partial charge < -0.3 is 20.3 Å². The summed E-state index contributed by atoms with van der Waals surface area (Å²) >= 11 is 12.1. The molecule has 0 aliphatic rings. The number of carbonyl (C=O) groups excluding carboxylic acids is 5. The molecule has 0 aliphatic carbocycles. The molecule has 2 amide bonds. The van der Waals surface area contributed by atoms with Crippen molar-refractivity contribution in [3.8, 4) is 0 Å². The van der Waals surface area contributed by atoms with E-state index in [0.29, 0.717) is 12.1 Å². The Morgan fingerprint density at radius 2 is 1.48 bits per heavy atom. The van der Waals surface area contributed by atoms with Gasteiger partial charge in [0.15, 0.2) is 17.6 Å². The van der Waals surface area contributed by atoms with E-state index in [2.05, 4.69) is 10.6 Å². The first-order valence-corrected chi connectivity index (χ1v) is 14.8. The number of aryl methyl sites for hydroxylation is 1. The number of benzene rings is 2. The number of halogens is 2. The summed E-state index contributed by atoms with van der Waals surface area (Å²) in [6, 6.07) is 8.38. The minimum atomic E-state index is -2.19. The first kappa shape index (κ1) is 34.5. The fourth-order valence-electron chi connectivity index (χ4n) is 5.08.